The van der Waals surface area contributed by atoms with E-state index in [1.165, 1.54) is 5.38 Å². The van der Waals surface area contributed by atoms with Crippen LogP contribution in [-0.4, -0.2) is 25.6 Å². The third kappa shape index (κ3) is 2.78. The quantitative estimate of drug-likeness (QED) is 0.748. The molecule has 72 valence electrons. The summed E-state index contributed by atoms with van der Waals surface area (Å²) < 4.78 is 21.9. The maximum Gasteiger partial charge on any atom is 0.223 e. The van der Waals surface area contributed by atoms with Gasteiger partial charge >= 0.3 is 0 Å². The van der Waals surface area contributed by atoms with E-state index in [0.29, 0.717) is 5.69 Å². The Morgan fingerprint density at radius 2 is 2.31 bits per heavy atom. The molecule has 2 N–H and O–H groups in total. The van der Waals surface area contributed by atoms with Gasteiger partial charge in [-0.15, -0.1) is 11.3 Å². The number of primary amides is 1. The molecular weight excluding hydrogens is 212 g/mol. The van der Waals surface area contributed by atoms with E-state index in [1.54, 1.807) is 0 Å². The number of carbonyl (C=O) groups excluding carboxylic acids is 1. The average molecular weight is 220 g/mol. The predicted octanol–water partition coefficient (Wildman–Crippen LogP) is -0.426. The molecule has 0 aliphatic heterocycles. The lowest BCUT2D eigenvalue weighted by molar-refractivity contribution is -0.117. The summed E-state index contributed by atoms with van der Waals surface area (Å²) in [4.78, 5) is 14.2. The number of nitrogens with zero attached hydrogens (tertiary/aromatic N) is 1. The van der Waals surface area contributed by atoms with Crippen molar-refractivity contribution in [3.8, 4) is 0 Å². The SMILES string of the molecule is CS(=O)(=O)c1nc(CC(N)=O)cs1. The van der Waals surface area contributed by atoms with Gasteiger partial charge in [-0.3, -0.25) is 4.79 Å². The van der Waals surface area contributed by atoms with Crippen LogP contribution in [0.2, 0.25) is 0 Å². The van der Waals surface area contributed by atoms with Gasteiger partial charge < -0.3 is 5.73 Å². The van der Waals surface area contributed by atoms with Gasteiger partial charge in [0.1, 0.15) is 0 Å². The van der Waals surface area contributed by atoms with Gasteiger partial charge in [0.05, 0.1) is 12.1 Å². The van der Waals surface area contributed by atoms with Crippen molar-refractivity contribution >= 4 is 27.1 Å². The molecule has 0 fully saturated rings. The second-order valence-corrected chi connectivity index (χ2v) is 5.57. The number of sulfone groups is 1. The number of hydrogen-bond acceptors (Lipinski definition) is 5. The zero-order valence-electron chi connectivity index (χ0n) is 6.85. The molecule has 13 heavy (non-hydrogen) atoms. The first-order chi connectivity index (χ1) is 5.89. The summed E-state index contributed by atoms with van der Waals surface area (Å²) in [6, 6.07) is 0. The van der Waals surface area contributed by atoms with Crippen molar-refractivity contribution in [2.24, 2.45) is 5.73 Å². The third-order valence-electron chi connectivity index (χ3n) is 1.20. The van der Waals surface area contributed by atoms with Crippen LogP contribution in [0.3, 0.4) is 0 Å². The van der Waals surface area contributed by atoms with E-state index in [0.717, 1.165) is 17.6 Å². The minimum atomic E-state index is -3.26. The highest BCUT2D eigenvalue weighted by atomic mass is 32.2. The normalized spacial score (nSPS) is 11.5. The molecule has 1 aromatic heterocycles. The van der Waals surface area contributed by atoms with Crippen LogP contribution in [0, 0.1) is 0 Å². The highest BCUT2D eigenvalue weighted by Crippen LogP contribution is 2.15. The lowest BCUT2D eigenvalue weighted by atomic mass is 10.3. The number of carbonyl (C=O) groups is 1. The van der Waals surface area contributed by atoms with Crippen LogP contribution in [-0.2, 0) is 21.1 Å². The lowest BCUT2D eigenvalue weighted by Gasteiger charge is -1.89. The fourth-order valence-corrected chi connectivity index (χ4v) is 2.39. The first kappa shape index (κ1) is 10.1. The topological polar surface area (TPSA) is 90.1 Å². The zero-order chi connectivity index (χ0) is 10.1. The van der Waals surface area contributed by atoms with Gasteiger partial charge in [0, 0.05) is 11.6 Å². The van der Waals surface area contributed by atoms with E-state index in [1.807, 2.05) is 0 Å². The molecule has 0 radical (unpaired) electrons. The Morgan fingerprint density at radius 3 is 2.69 bits per heavy atom. The van der Waals surface area contributed by atoms with Crippen LogP contribution in [0.25, 0.3) is 0 Å². The van der Waals surface area contributed by atoms with Crippen molar-refractivity contribution in [2.45, 2.75) is 10.8 Å². The van der Waals surface area contributed by atoms with Crippen molar-refractivity contribution in [1.82, 2.24) is 4.98 Å². The number of amides is 1. The Bertz CT molecular complexity index is 421. The molecule has 7 heteroatoms. The maximum atomic E-state index is 11.0. The average Bonchev–Trinajstić information content (AvgIpc) is 2.32. The molecule has 0 bridgehead atoms. The van der Waals surface area contributed by atoms with Crippen LogP contribution in [0.5, 0.6) is 0 Å². The Balaban J connectivity index is 2.94. The molecule has 0 saturated carbocycles. The molecule has 5 nitrogen and oxygen atoms in total. The monoisotopic (exact) mass is 220 g/mol. The van der Waals surface area contributed by atoms with Gasteiger partial charge in [0.15, 0.2) is 0 Å². The van der Waals surface area contributed by atoms with Crippen LogP contribution >= 0.6 is 11.3 Å². The standard InChI is InChI=1S/C6H8N2O3S2/c1-13(10,11)6-8-4(3-12-6)2-5(7)9/h3H,2H2,1H3,(H2,7,9). The summed E-state index contributed by atoms with van der Waals surface area (Å²) in [6.45, 7) is 0. The molecule has 1 heterocycles. The second-order valence-electron chi connectivity index (χ2n) is 2.52. The van der Waals surface area contributed by atoms with Gasteiger partial charge in [-0.2, -0.15) is 0 Å². The Morgan fingerprint density at radius 1 is 1.69 bits per heavy atom. The Hall–Kier alpha value is -0.950. The summed E-state index contributed by atoms with van der Waals surface area (Å²) in [5.41, 5.74) is 5.32. The van der Waals surface area contributed by atoms with E-state index in [2.05, 4.69) is 4.98 Å². The number of rotatable bonds is 3. The number of thiazole rings is 1. The fourth-order valence-electron chi connectivity index (χ4n) is 0.718. The van der Waals surface area contributed by atoms with Crippen LogP contribution in [0.4, 0.5) is 0 Å². The van der Waals surface area contributed by atoms with Gasteiger partial charge in [-0.25, -0.2) is 13.4 Å². The number of nitrogens with two attached hydrogens (primary N) is 1. The smallest absolute Gasteiger partial charge is 0.223 e. The number of hydrogen-bond donors (Lipinski definition) is 1. The van der Waals surface area contributed by atoms with Crippen molar-refractivity contribution in [2.75, 3.05) is 6.26 Å². The van der Waals surface area contributed by atoms with E-state index in [4.69, 9.17) is 5.73 Å². The highest BCUT2D eigenvalue weighted by Gasteiger charge is 2.13. The summed E-state index contributed by atoms with van der Waals surface area (Å²) >= 11 is 0.992. The first-order valence-corrected chi connectivity index (χ1v) is 6.09. The molecule has 0 aliphatic rings. The maximum absolute atomic E-state index is 11.0. The minimum absolute atomic E-state index is 0.0174. The molecule has 0 aliphatic carbocycles. The highest BCUT2D eigenvalue weighted by molar-refractivity contribution is 7.92. The minimum Gasteiger partial charge on any atom is -0.369 e. The lowest BCUT2D eigenvalue weighted by Crippen LogP contribution is -2.13. The van der Waals surface area contributed by atoms with Gasteiger partial charge in [0.2, 0.25) is 20.1 Å². The van der Waals surface area contributed by atoms with Crippen molar-refractivity contribution in [3.05, 3.63) is 11.1 Å². The zero-order valence-corrected chi connectivity index (χ0v) is 8.48. The molecule has 1 rings (SSSR count). The molecule has 0 unspecified atom stereocenters. The summed E-state index contributed by atoms with van der Waals surface area (Å²) in [7, 11) is -3.26. The molecule has 1 aromatic rings. The molecule has 0 saturated heterocycles. The summed E-state index contributed by atoms with van der Waals surface area (Å²) in [5.74, 6) is -0.523. The van der Waals surface area contributed by atoms with E-state index in [-0.39, 0.29) is 10.8 Å². The predicted molar refractivity (Wildman–Crippen MR) is 48.1 cm³/mol. The van der Waals surface area contributed by atoms with E-state index in [9.17, 15) is 13.2 Å². The van der Waals surface area contributed by atoms with Crippen molar-refractivity contribution in [1.29, 1.82) is 0 Å². The molecule has 0 spiro atoms. The molecule has 0 atom stereocenters. The van der Waals surface area contributed by atoms with E-state index >= 15 is 0 Å². The van der Waals surface area contributed by atoms with Crippen LogP contribution in [0.1, 0.15) is 5.69 Å². The molecular formula is C6H8N2O3S2. The number of aromatic nitrogens is 1. The van der Waals surface area contributed by atoms with Crippen molar-refractivity contribution < 1.29 is 13.2 Å². The largest absolute Gasteiger partial charge is 0.369 e. The summed E-state index contributed by atoms with van der Waals surface area (Å²) in [6.07, 6.45) is 1.05. The van der Waals surface area contributed by atoms with Crippen molar-refractivity contribution in [3.63, 3.8) is 0 Å². The fraction of sp³-hybridized carbons (Fsp3) is 0.333. The summed E-state index contributed by atoms with van der Waals surface area (Å²) in [5, 5.41) is 1.52. The second kappa shape index (κ2) is 3.43. The van der Waals surface area contributed by atoms with Crippen LogP contribution in [0.15, 0.2) is 9.72 Å². The van der Waals surface area contributed by atoms with Gasteiger partial charge in [-0.1, -0.05) is 0 Å². The first-order valence-electron chi connectivity index (χ1n) is 3.32. The van der Waals surface area contributed by atoms with E-state index < -0.39 is 15.7 Å². The van der Waals surface area contributed by atoms with Crippen LogP contribution < -0.4 is 5.73 Å². The Kier molecular flexibility index (Phi) is 2.67. The third-order valence-corrected chi connectivity index (χ3v) is 3.81. The molecule has 1 amide bonds. The van der Waals surface area contributed by atoms with Gasteiger partial charge in [0.25, 0.3) is 0 Å². The molecule has 0 aromatic carbocycles. The van der Waals surface area contributed by atoms with Gasteiger partial charge in [-0.05, 0) is 0 Å². The Labute approximate surface area is 79.5 Å².